The molecule has 1 aromatic carbocycles. The number of carbonyl (C=O) groups excluding carboxylic acids is 1. The fourth-order valence-corrected chi connectivity index (χ4v) is 4.54. The van der Waals surface area contributed by atoms with Crippen LogP contribution < -0.4 is 10.9 Å². The molecule has 0 saturated carbocycles. The molecule has 3 heterocycles. The molecule has 1 aromatic heterocycles. The summed E-state index contributed by atoms with van der Waals surface area (Å²) in [6, 6.07) is 3.94. The number of piperazine rings is 1. The summed E-state index contributed by atoms with van der Waals surface area (Å²) in [5, 5.41) is 0. The summed E-state index contributed by atoms with van der Waals surface area (Å²) in [7, 11) is 0. The van der Waals surface area contributed by atoms with Crippen LogP contribution in [0.5, 0.6) is 0 Å². The van der Waals surface area contributed by atoms with E-state index < -0.39 is 41.1 Å². The molecule has 2 aromatic rings. The summed E-state index contributed by atoms with van der Waals surface area (Å²) in [6.45, 7) is 2.98. The third-order valence-corrected chi connectivity index (χ3v) is 6.15. The van der Waals surface area contributed by atoms with E-state index >= 15 is 0 Å². The number of hydrazine groups is 1. The van der Waals surface area contributed by atoms with Crippen molar-refractivity contribution in [1.29, 1.82) is 0 Å². The first-order chi connectivity index (χ1) is 16.0. The number of anilines is 1. The van der Waals surface area contributed by atoms with Crippen molar-refractivity contribution in [3.8, 4) is 0 Å². The van der Waals surface area contributed by atoms with E-state index in [1.165, 1.54) is 6.20 Å². The Kier molecular flexibility index (Phi) is 8.17. The summed E-state index contributed by atoms with van der Waals surface area (Å²) < 4.78 is 78.8. The van der Waals surface area contributed by atoms with Crippen LogP contribution in [0.15, 0.2) is 42.7 Å². The molecule has 2 aliphatic heterocycles. The van der Waals surface area contributed by atoms with Crippen LogP contribution in [0.25, 0.3) is 0 Å². The molecule has 2 aliphatic rings. The Morgan fingerprint density at radius 1 is 1.03 bits per heavy atom. The van der Waals surface area contributed by atoms with Crippen molar-refractivity contribution in [2.75, 3.05) is 31.6 Å². The SMILES string of the molecule is Cl.O=C(NNc1cc(C(F)(F)F)cc(C(F)(F)F)c1)[C@@H](c1cccnc1)N1CCN2CCC[C@@H]2C1. The van der Waals surface area contributed by atoms with Gasteiger partial charge in [0.25, 0.3) is 5.91 Å². The van der Waals surface area contributed by atoms with Gasteiger partial charge in [-0.05, 0) is 49.2 Å². The van der Waals surface area contributed by atoms with Gasteiger partial charge in [-0.25, -0.2) is 0 Å². The van der Waals surface area contributed by atoms with E-state index in [9.17, 15) is 31.1 Å². The van der Waals surface area contributed by atoms with E-state index in [1.54, 1.807) is 18.3 Å². The zero-order valence-corrected chi connectivity index (χ0v) is 19.2. The zero-order chi connectivity index (χ0) is 24.5. The van der Waals surface area contributed by atoms with Crippen LogP contribution in [0.1, 0.15) is 35.6 Å². The maximum Gasteiger partial charge on any atom is 0.416 e. The van der Waals surface area contributed by atoms with Gasteiger partial charge in [0.2, 0.25) is 0 Å². The lowest BCUT2D eigenvalue weighted by molar-refractivity contribution is -0.143. The minimum Gasteiger partial charge on any atom is -0.299 e. The Morgan fingerprint density at radius 3 is 2.31 bits per heavy atom. The largest absolute Gasteiger partial charge is 0.416 e. The van der Waals surface area contributed by atoms with Crippen LogP contribution >= 0.6 is 12.4 Å². The minimum absolute atomic E-state index is 0. The Balaban J connectivity index is 0.00000342. The normalized spacial score (nSPS) is 20.0. The van der Waals surface area contributed by atoms with Gasteiger partial charge in [-0.3, -0.25) is 30.4 Å². The zero-order valence-electron chi connectivity index (χ0n) is 18.4. The highest BCUT2D eigenvalue weighted by Gasteiger charge is 2.38. The van der Waals surface area contributed by atoms with Crippen LogP contribution in [-0.2, 0) is 17.1 Å². The van der Waals surface area contributed by atoms with E-state index in [0.29, 0.717) is 36.8 Å². The van der Waals surface area contributed by atoms with Crippen molar-refractivity contribution >= 4 is 24.0 Å². The predicted octanol–water partition coefficient (Wildman–Crippen LogP) is 4.51. The van der Waals surface area contributed by atoms with Gasteiger partial charge in [0.1, 0.15) is 6.04 Å². The summed E-state index contributed by atoms with van der Waals surface area (Å²) in [5.41, 5.74) is 1.66. The first-order valence-electron chi connectivity index (χ1n) is 10.8. The van der Waals surface area contributed by atoms with Gasteiger partial charge in [-0.2, -0.15) is 26.3 Å². The lowest BCUT2D eigenvalue weighted by Gasteiger charge is -2.41. The first-order valence-corrected chi connectivity index (χ1v) is 10.8. The Labute approximate surface area is 204 Å². The number of amides is 1. The fraction of sp³-hybridized carbons (Fsp3) is 0.455. The second kappa shape index (κ2) is 10.6. The molecule has 1 amide bonds. The molecule has 2 fully saturated rings. The molecule has 2 saturated heterocycles. The number of benzene rings is 1. The van der Waals surface area contributed by atoms with Crippen molar-refractivity contribution in [3.05, 3.63) is 59.4 Å². The van der Waals surface area contributed by atoms with Gasteiger partial charge in [0.05, 0.1) is 16.8 Å². The van der Waals surface area contributed by atoms with Gasteiger partial charge in [-0.1, -0.05) is 6.07 Å². The number of alkyl halides is 6. The molecule has 0 bridgehead atoms. The number of fused-ring (bicyclic) bond motifs is 1. The van der Waals surface area contributed by atoms with Gasteiger partial charge in [0, 0.05) is 38.1 Å². The predicted molar refractivity (Wildman–Crippen MR) is 119 cm³/mol. The third-order valence-electron chi connectivity index (χ3n) is 6.15. The molecule has 13 heteroatoms. The van der Waals surface area contributed by atoms with Crippen LogP contribution in [-0.4, -0.2) is 52.9 Å². The number of rotatable bonds is 5. The first kappa shape index (κ1) is 27.0. The van der Waals surface area contributed by atoms with Gasteiger partial charge >= 0.3 is 12.4 Å². The standard InChI is InChI=1S/C22H23F6N5O.ClH/c23-21(24,25)15-9-16(22(26,27)28)11-17(10-15)30-31-20(34)19(14-3-1-5-29-12-14)33-8-7-32-6-2-4-18(32)13-33;/h1,3,5,9-12,18-19,30H,2,4,6-8,13H2,(H,31,34);1H/t18-,19-;/m1./s1. The molecular formula is C22H24ClF6N5O. The van der Waals surface area contributed by atoms with Gasteiger partial charge < -0.3 is 0 Å². The van der Waals surface area contributed by atoms with Gasteiger partial charge in [0.15, 0.2) is 0 Å². The number of nitrogens with zero attached hydrogens (tertiary/aromatic N) is 3. The van der Waals surface area contributed by atoms with Crippen LogP contribution in [0.2, 0.25) is 0 Å². The van der Waals surface area contributed by atoms with Crippen molar-refractivity contribution in [1.82, 2.24) is 20.2 Å². The number of hydrogen-bond donors (Lipinski definition) is 2. The van der Waals surface area contributed by atoms with Crippen molar-refractivity contribution in [2.45, 2.75) is 37.3 Å². The number of hydrogen-bond acceptors (Lipinski definition) is 5. The topological polar surface area (TPSA) is 60.5 Å². The maximum absolute atomic E-state index is 13.2. The van der Waals surface area contributed by atoms with Gasteiger partial charge in [-0.15, -0.1) is 12.4 Å². The third kappa shape index (κ3) is 6.36. The highest BCUT2D eigenvalue weighted by molar-refractivity contribution is 5.85. The second-order valence-electron chi connectivity index (χ2n) is 8.42. The van der Waals surface area contributed by atoms with Crippen molar-refractivity contribution in [2.24, 2.45) is 0 Å². The summed E-state index contributed by atoms with van der Waals surface area (Å²) in [6.07, 6.45) is -4.83. The van der Waals surface area contributed by atoms with E-state index in [4.69, 9.17) is 0 Å². The lowest BCUT2D eigenvalue weighted by atomic mass is 10.0. The Bertz CT molecular complexity index is 987. The molecular weight excluding hydrogens is 500 g/mol. The Hall–Kier alpha value is -2.57. The fourth-order valence-electron chi connectivity index (χ4n) is 4.54. The van der Waals surface area contributed by atoms with Crippen molar-refractivity contribution in [3.63, 3.8) is 0 Å². The Morgan fingerprint density at radius 2 is 1.71 bits per heavy atom. The molecule has 0 aliphatic carbocycles. The number of pyridine rings is 1. The maximum atomic E-state index is 13.2. The molecule has 6 nitrogen and oxygen atoms in total. The van der Waals surface area contributed by atoms with Crippen LogP contribution in [0.4, 0.5) is 32.0 Å². The molecule has 0 spiro atoms. The number of carbonyl (C=O) groups is 1. The molecule has 192 valence electrons. The average molecular weight is 524 g/mol. The molecule has 0 unspecified atom stereocenters. The quantitative estimate of drug-likeness (QED) is 0.446. The molecule has 35 heavy (non-hydrogen) atoms. The molecule has 4 rings (SSSR count). The van der Waals surface area contributed by atoms with E-state index in [-0.39, 0.29) is 18.5 Å². The molecule has 2 atom stereocenters. The second-order valence-corrected chi connectivity index (χ2v) is 8.42. The monoisotopic (exact) mass is 523 g/mol. The van der Waals surface area contributed by atoms with E-state index in [2.05, 4.69) is 20.7 Å². The lowest BCUT2D eigenvalue weighted by Crippen LogP contribution is -2.54. The van der Waals surface area contributed by atoms with Crippen molar-refractivity contribution < 1.29 is 31.1 Å². The number of nitrogens with one attached hydrogen (secondary N) is 2. The molecule has 2 N–H and O–H groups in total. The average Bonchev–Trinajstić information content (AvgIpc) is 3.25. The summed E-state index contributed by atoms with van der Waals surface area (Å²) in [5.74, 6) is -0.606. The summed E-state index contributed by atoms with van der Waals surface area (Å²) >= 11 is 0. The number of aromatic nitrogens is 1. The highest BCUT2D eigenvalue weighted by atomic mass is 35.5. The smallest absolute Gasteiger partial charge is 0.299 e. The summed E-state index contributed by atoms with van der Waals surface area (Å²) in [4.78, 5) is 21.5. The highest BCUT2D eigenvalue weighted by Crippen LogP contribution is 2.37. The number of halogens is 7. The molecule has 0 radical (unpaired) electrons. The van der Waals surface area contributed by atoms with Crippen LogP contribution in [0, 0.1) is 0 Å². The minimum atomic E-state index is -4.99. The van der Waals surface area contributed by atoms with Crippen LogP contribution in [0.3, 0.4) is 0 Å². The van der Waals surface area contributed by atoms with E-state index in [0.717, 1.165) is 25.9 Å². The van der Waals surface area contributed by atoms with E-state index in [1.807, 2.05) is 4.90 Å².